The topological polar surface area (TPSA) is 54.4 Å². The van der Waals surface area contributed by atoms with Gasteiger partial charge in [-0.15, -0.1) is 6.58 Å². The molecule has 110 valence electrons. The second kappa shape index (κ2) is 13.3. The second-order valence-corrected chi connectivity index (χ2v) is 5.09. The fraction of sp³-hybridized carbons (Fsp3) is 0.750. The van der Waals surface area contributed by atoms with Gasteiger partial charge >= 0.3 is 5.97 Å². The van der Waals surface area contributed by atoms with E-state index in [0.717, 1.165) is 44.9 Å². The molecule has 19 heavy (non-hydrogen) atoms. The quantitative estimate of drug-likeness (QED) is 0.372. The van der Waals surface area contributed by atoms with Crippen molar-refractivity contribution in [2.75, 3.05) is 0 Å². The number of carbonyl (C=O) groups excluding carboxylic acids is 1. The van der Waals surface area contributed by atoms with Crippen LogP contribution in [0.1, 0.15) is 77.0 Å². The third-order valence-electron chi connectivity index (χ3n) is 3.21. The molecule has 0 saturated carbocycles. The van der Waals surface area contributed by atoms with Gasteiger partial charge in [-0.2, -0.15) is 0 Å². The van der Waals surface area contributed by atoms with Crippen LogP contribution in [0.4, 0.5) is 0 Å². The normalized spacial score (nSPS) is 10.3. The third kappa shape index (κ3) is 14.8. The standard InChI is InChI=1S/C16H28O3/c1-2-3-4-5-6-9-12-15(17)13-10-7-8-11-14-16(18)19/h2H,1,3-14H2,(H,18,19). The van der Waals surface area contributed by atoms with Crippen LogP contribution >= 0.6 is 0 Å². The van der Waals surface area contributed by atoms with Crippen molar-refractivity contribution in [1.82, 2.24) is 0 Å². The largest absolute Gasteiger partial charge is 0.481 e. The first kappa shape index (κ1) is 17.9. The number of ketones is 1. The summed E-state index contributed by atoms with van der Waals surface area (Å²) in [5.41, 5.74) is 0. The van der Waals surface area contributed by atoms with Crippen molar-refractivity contribution in [1.29, 1.82) is 0 Å². The van der Waals surface area contributed by atoms with Gasteiger partial charge in [0.2, 0.25) is 0 Å². The Kier molecular flexibility index (Phi) is 12.5. The van der Waals surface area contributed by atoms with Crippen LogP contribution in [0.2, 0.25) is 0 Å². The Morgan fingerprint density at radius 1 is 0.789 bits per heavy atom. The van der Waals surface area contributed by atoms with E-state index in [1.54, 1.807) is 0 Å². The first-order chi connectivity index (χ1) is 9.16. The Hall–Kier alpha value is -1.12. The lowest BCUT2D eigenvalue weighted by molar-refractivity contribution is -0.137. The highest BCUT2D eigenvalue weighted by molar-refractivity contribution is 5.78. The zero-order valence-electron chi connectivity index (χ0n) is 12.0. The molecule has 0 aromatic carbocycles. The lowest BCUT2D eigenvalue weighted by atomic mass is 10.0. The number of carbonyl (C=O) groups is 2. The minimum absolute atomic E-state index is 0.249. The summed E-state index contributed by atoms with van der Waals surface area (Å²) < 4.78 is 0. The van der Waals surface area contributed by atoms with Gasteiger partial charge in [0.25, 0.3) is 0 Å². The van der Waals surface area contributed by atoms with Crippen LogP contribution < -0.4 is 0 Å². The van der Waals surface area contributed by atoms with Crippen LogP contribution in [0.15, 0.2) is 12.7 Å². The molecule has 0 heterocycles. The van der Waals surface area contributed by atoms with Crippen molar-refractivity contribution in [2.24, 2.45) is 0 Å². The van der Waals surface area contributed by atoms with E-state index in [1.807, 2.05) is 6.08 Å². The van der Waals surface area contributed by atoms with Crippen molar-refractivity contribution in [2.45, 2.75) is 77.0 Å². The molecule has 0 fully saturated rings. The van der Waals surface area contributed by atoms with Crippen molar-refractivity contribution in [3.05, 3.63) is 12.7 Å². The molecule has 1 N–H and O–H groups in total. The predicted molar refractivity (Wildman–Crippen MR) is 78.2 cm³/mol. The maximum atomic E-state index is 11.6. The van der Waals surface area contributed by atoms with Crippen molar-refractivity contribution in [3.63, 3.8) is 0 Å². The third-order valence-corrected chi connectivity index (χ3v) is 3.21. The van der Waals surface area contributed by atoms with Gasteiger partial charge in [0.1, 0.15) is 5.78 Å². The summed E-state index contributed by atoms with van der Waals surface area (Å²) in [6.45, 7) is 3.68. The summed E-state index contributed by atoms with van der Waals surface area (Å²) in [5, 5.41) is 8.47. The summed E-state index contributed by atoms with van der Waals surface area (Å²) in [5.74, 6) is -0.366. The minimum Gasteiger partial charge on any atom is -0.481 e. The van der Waals surface area contributed by atoms with E-state index < -0.39 is 5.97 Å². The summed E-state index contributed by atoms with van der Waals surface area (Å²) in [7, 11) is 0. The zero-order valence-corrected chi connectivity index (χ0v) is 12.0. The molecule has 3 heteroatoms. The zero-order chi connectivity index (χ0) is 14.3. The lowest BCUT2D eigenvalue weighted by Gasteiger charge is -2.02. The number of carboxylic acid groups (broad SMARTS) is 1. The van der Waals surface area contributed by atoms with Gasteiger partial charge in [0.05, 0.1) is 0 Å². The predicted octanol–water partition coefficient (Wildman–Crippen LogP) is 4.51. The molecule has 0 radical (unpaired) electrons. The van der Waals surface area contributed by atoms with Crippen LogP contribution in [-0.2, 0) is 9.59 Å². The molecule has 0 aromatic rings. The SMILES string of the molecule is C=CCCCCCCC(=O)CCCCCCC(=O)O. The number of hydrogen-bond acceptors (Lipinski definition) is 2. The van der Waals surface area contributed by atoms with Gasteiger partial charge in [0, 0.05) is 19.3 Å². The van der Waals surface area contributed by atoms with E-state index in [-0.39, 0.29) is 6.42 Å². The Morgan fingerprint density at radius 2 is 1.26 bits per heavy atom. The van der Waals surface area contributed by atoms with Gasteiger partial charge in [-0.25, -0.2) is 0 Å². The smallest absolute Gasteiger partial charge is 0.303 e. The first-order valence-corrected chi connectivity index (χ1v) is 7.51. The van der Waals surface area contributed by atoms with E-state index in [2.05, 4.69) is 6.58 Å². The van der Waals surface area contributed by atoms with Gasteiger partial charge in [-0.05, 0) is 32.1 Å². The average molecular weight is 268 g/mol. The van der Waals surface area contributed by atoms with Crippen molar-refractivity contribution in [3.8, 4) is 0 Å². The summed E-state index contributed by atoms with van der Waals surface area (Å²) >= 11 is 0. The molecule has 0 aliphatic rings. The molecule has 0 bridgehead atoms. The molecule has 0 aliphatic heterocycles. The van der Waals surface area contributed by atoms with Crippen LogP contribution in [0.3, 0.4) is 0 Å². The fourth-order valence-electron chi connectivity index (χ4n) is 2.04. The van der Waals surface area contributed by atoms with Gasteiger partial charge < -0.3 is 5.11 Å². The van der Waals surface area contributed by atoms with E-state index >= 15 is 0 Å². The first-order valence-electron chi connectivity index (χ1n) is 7.51. The number of carboxylic acids is 1. The minimum atomic E-state index is -0.729. The number of rotatable bonds is 14. The fourth-order valence-corrected chi connectivity index (χ4v) is 2.04. The molecule has 0 amide bonds. The van der Waals surface area contributed by atoms with Crippen molar-refractivity contribution < 1.29 is 14.7 Å². The highest BCUT2D eigenvalue weighted by atomic mass is 16.4. The molecular formula is C16H28O3. The molecule has 0 rings (SSSR count). The Bertz CT molecular complexity index is 259. The number of unbranched alkanes of at least 4 members (excludes halogenated alkanes) is 7. The molecule has 3 nitrogen and oxygen atoms in total. The Labute approximate surface area is 117 Å². The van der Waals surface area contributed by atoms with Crippen LogP contribution in [-0.4, -0.2) is 16.9 Å². The number of aliphatic carboxylic acids is 1. The van der Waals surface area contributed by atoms with Crippen LogP contribution in [0.25, 0.3) is 0 Å². The van der Waals surface area contributed by atoms with Gasteiger partial charge in [0.15, 0.2) is 0 Å². The van der Waals surface area contributed by atoms with E-state index in [1.165, 1.54) is 12.8 Å². The molecule has 0 saturated heterocycles. The molecular weight excluding hydrogens is 240 g/mol. The molecule has 0 unspecified atom stereocenters. The monoisotopic (exact) mass is 268 g/mol. The molecule has 0 aromatic heterocycles. The van der Waals surface area contributed by atoms with E-state index in [0.29, 0.717) is 18.6 Å². The lowest BCUT2D eigenvalue weighted by Crippen LogP contribution is -1.98. The maximum Gasteiger partial charge on any atom is 0.303 e. The van der Waals surface area contributed by atoms with Crippen LogP contribution in [0, 0.1) is 0 Å². The second-order valence-electron chi connectivity index (χ2n) is 5.09. The summed E-state index contributed by atoms with van der Waals surface area (Å²) in [6, 6.07) is 0. The highest BCUT2D eigenvalue weighted by Crippen LogP contribution is 2.10. The molecule has 0 aliphatic carbocycles. The van der Waals surface area contributed by atoms with Crippen molar-refractivity contribution >= 4 is 11.8 Å². The van der Waals surface area contributed by atoms with Gasteiger partial charge in [-0.1, -0.05) is 31.8 Å². The van der Waals surface area contributed by atoms with E-state index in [9.17, 15) is 9.59 Å². The highest BCUT2D eigenvalue weighted by Gasteiger charge is 2.02. The number of hydrogen-bond donors (Lipinski definition) is 1. The Balaban J connectivity index is 3.21. The molecule has 0 spiro atoms. The molecule has 0 atom stereocenters. The number of Topliss-reactive ketones (excluding diaryl/α,β-unsaturated/α-hetero) is 1. The Morgan fingerprint density at radius 3 is 1.74 bits per heavy atom. The number of allylic oxidation sites excluding steroid dienone is 1. The summed E-state index contributed by atoms with van der Waals surface area (Å²) in [4.78, 5) is 21.9. The van der Waals surface area contributed by atoms with Gasteiger partial charge in [-0.3, -0.25) is 9.59 Å². The maximum absolute atomic E-state index is 11.6. The van der Waals surface area contributed by atoms with Crippen LogP contribution in [0.5, 0.6) is 0 Å². The summed E-state index contributed by atoms with van der Waals surface area (Å²) in [6.07, 6.45) is 12.7. The average Bonchev–Trinajstić information content (AvgIpc) is 2.37. The van der Waals surface area contributed by atoms with E-state index in [4.69, 9.17) is 5.11 Å².